The van der Waals surface area contributed by atoms with Crippen molar-refractivity contribution in [3.63, 3.8) is 0 Å². The van der Waals surface area contributed by atoms with Gasteiger partial charge in [0.15, 0.2) is 0 Å². The molecule has 3 aliphatic heterocycles. The maximum absolute atomic E-state index is 12.8. The SMILES string of the molecule is CC1CCCC(N2C(=O)C3=C(C2=O)N2C(=O)CCNC2S3)C1. The van der Waals surface area contributed by atoms with E-state index in [0.29, 0.717) is 29.5 Å². The van der Waals surface area contributed by atoms with Gasteiger partial charge in [0.1, 0.15) is 16.1 Å². The van der Waals surface area contributed by atoms with Crippen LogP contribution in [0.2, 0.25) is 0 Å². The molecule has 0 spiro atoms. The Morgan fingerprint density at radius 3 is 2.73 bits per heavy atom. The van der Waals surface area contributed by atoms with Crippen molar-refractivity contribution in [3.05, 3.63) is 10.6 Å². The second-order valence-corrected chi connectivity index (χ2v) is 7.61. The van der Waals surface area contributed by atoms with Crippen LogP contribution in [0.4, 0.5) is 0 Å². The van der Waals surface area contributed by atoms with E-state index in [2.05, 4.69) is 12.2 Å². The van der Waals surface area contributed by atoms with Crippen LogP contribution in [0.1, 0.15) is 39.0 Å². The first-order chi connectivity index (χ1) is 10.6. The van der Waals surface area contributed by atoms with Gasteiger partial charge >= 0.3 is 0 Å². The highest BCUT2D eigenvalue weighted by Crippen LogP contribution is 2.45. The Bertz CT molecular complexity index is 603. The van der Waals surface area contributed by atoms with Crippen LogP contribution < -0.4 is 5.32 Å². The van der Waals surface area contributed by atoms with Crippen molar-refractivity contribution in [2.24, 2.45) is 5.92 Å². The minimum atomic E-state index is -0.286. The number of hydrogen-bond donors (Lipinski definition) is 1. The van der Waals surface area contributed by atoms with Gasteiger partial charge in [0.05, 0.1) is 0 Å². The Hall–Kier alpha value is -1.34. The predicted octanol–water partition coefficient (Wildman–Crippen LogP) is 0.998. The van der Waals surface area contributed by atoms with E-state index in [1.54, 1.807) is 0 Å². The van der Waals surface area contributed by atoms with E-state index >= 15 is 0 Å². The number of nitrogens with one attached hydrogen (secondary N) is 1. The number of nitrogens with zero attached hydrogens (tertiary/aromatic N) is 2. The standard InChI is InChI=1S/C15H19N3O3S/c1-8-3-2-4-9(7-8)17-13(20)11-12(14(17)21)22-15-16-6-5-10(19)18(11)15/h8-9,15-16H,2-7H2,1H3. The van der Waals surface area contributed by atoms with Crippen molar-refractivity contribution in [1.29, 1.82) is 0 Å². The Labute approximate surface area is 133 Å². The van der Waals surface area contributed by atoms with Crippen molar-refractivity contribution >= 4 is 29.5 Å². The van der Waals surface area contributed by atoms with E-state index in [-0.39, 0.29) is 29.3 Å². The minimum Gasteiger partial charge on any atom is -0.287 e. The third-order valence-electron chi connectivity index (χ3n) is 4.95. The molecular formula is C15H19N3O3S. The van der Waals surface area contributed by atoms with Crippen LogP contribution >= 0.6 is 11.8 Å². The molecule has 4 rings (SSSR count). The summed E-state index contributed by atoms with van der Waals surface area (Å²) < 4.78 is 0. The molecule has 0 aromatic heterocycles. The van der Waals surface area contributed by atoms with E-state index in [1.807, 2.05) is 0 Å². The summed E-state index contributed by atoms with van der Waals surface area (Å²) >= 11 is 1.31. The van der Waals surface area contributed by atoms with E-state index in [4.69, 9.17) is 0 Å². The number of carbonyl (C=O) groups excluding carboxylic acids is 3. The van der Waals surface area contributed by atoms with Gasteiger partial charge in [-0.3, -0.25) is 29.5 Å². The van der Waals surface area contributed by atoms with E-state index < -0.39 is 0 Å². The van der Waals surface area contributed by atoms with Gasteiger partial charge in [0, 0.05) is 19.0 Å². The normalized spacial score (nSPS) is 35.3. The van der Waals surface area contributed by atoms with Crippen molar-refractivity contribution in [2.45, 2.75) is 50.6 Å². The van der Waals surface area contributed by atoms with Crippen LogP contribution in [0.5, 0.6) is 0 Å². The lowest BCUT2D eigenvalue weighted by atomic mass is 9.86. The first-order valence-electron chi connectivity index (χ1n) is 7.92. The summed E-state index contributed by atoms with van der Waals surface area (Å²) in [6.45, 7) is 2.76. The lowest BCUT2D eigenvalue weighted by Crippen LogP contribution is -2.53. The first-order valence-corrected chi connectivity index (χ1v) is 8.80. The van der Waals surface area contributed by atoms with Crippen LogP contribution in [0.25, 0.3) is 0 Å². The summed E-state index contributed by atoms with van der Waals surface area (Å²) in [6.07, 6.45) is 4.33. The number of carbonyl (C=O) groups is 3. The zero-order chi connectivity index (χ0) is 15.4. The zero-order valence-corrected chi connectivity index (χ0v) is 13.3. The largest absolute Gasteiger partial charge is 0.287 e. The topological polar surface area (TPSA) is 69.7 Å². The molecule has 7 heteroatoms. The van der Waals surface area contributed by atoms with Crippen molar-refractivity contribution in [2.75, 3.05) is 6.54 Å². The fraction of sp³-hybridized carbons (Fsp3) is 0.667. The van der Waals surface area contributed by atoms with Crippen LogP contribution in [-0.4, -0.2) is 45.6 Å². The molecular weight excluding hydrogens is 302 g/mol. The number of hydrogen-bond acceptors (Lipinski definition) is 5. The number of rotatable bonds is 1. The van der Waals surface area contributed by atoms with E-state index in [9.17, 15) is 14.4 Å². The summed E-state index contributed by atoms with van der Waals surface area (Å²) in [6, 6.07) is -0.0127. The second-order valence-electron chi connectivity index (χ2n) is 6.52. The van der Waals surface area contributed by atoms with Crippen molar-refractivity contribution < 1.29 is 14.4 Å². The molecule has 2 fully saturated rings. The summed E-state index contributed by atoms with van der Waals surface area (Å²) in [5.41, 5.74) is 0.0296. The average Bonchev–Trinajstić information content (AvgIpc) is 2.97. The Kier molecular flexibility index (Phi) is 3.30. The van der Waals surface area contributed by atoms with Crippen molar-refractivity contribution in [1.82, 2.24) is 15.1 Å². The van der Waals surface area contributed by atoms with Crippen LogP contribution in [-0.2, 0) is 14.4 Å². The Morgan fingerprint density at radius 1 is 1.14 bits per heavy atom. The maximum Gasteiger partial charge on any atom is 0.279 e. The van der Waals surface area contributed by atoms with E-state index in [0.717, 1.165) is 25.7 Å². The third-order valence-corrected chi connectivity index (χ3v) is 6.16. The van der Waals surface area contributed by atoms with Gasteiger partial charge in [0.2, 0.25) is 5.91 Å². The number of amides is 3. The lowest BCUT2D eigenvalue weighted by molar-refractivity contribution is -0.144. The molecule has 6 nitrogen and oxygen atoms in total. The number of imide groups is 1. The molecule has 118 valence electrons. The van der Waals surface area contributed by atoms with Gasteiger partial charge in [-0.2, -0.15) is 0 Å². The van der Waals surface area contributed by atoms with Gasteiger partial charge in [-0.1, -0.05) is 31.5 Å². The quantitative estimate of drug-likeness (QED) is 0.730. The second kappa shape index (κ2) is 5.09. The monoisotopic (exact) mass is 321 g/mol. The minimum absolute atomic E-state index is 0.0127. The fourth-order valence-electron chi connectivity index (χ4n) is 3.89. The van der Waals surface area contributed by atoms with Gasteiger partial charge in [-0.05, 0) is 18.8 Å². The molecule has 1 saturated carbocycles. The van der Waals surface area contributed by atoms with Gasteiger partial charge in [0.25, 0.3) is 11.8 Å². The maximum atomic E-state index is 12.8. The van der Waals surface area contributed by atoms with Crippen LogP contribution in [0.3, 0.4) is 0 Å². The predicted molar refractivity (Wildman–Crippen MR) is 81.1 cm³/mol. The highest BCUT2D eigenvalue weighted by atomic mass is 32.2. The molecule has 0 bridgehead atoms. The Balaban J connectivity index is 1.62. The molecule has 1 N–H and O–H groups in total. The molecule has 0 aromatic rings. The molecule has 22 heavy (non-hydrogen) atoms. The third kappa shape index (κ3) is 1.95. The molecule has 3 unspecified atom stereocenters. The summed E-state index contributed by atoms with van der Waals surface area (Å²) in [4.78, 5) is 41.1. The summed E-state index contributed by atoms with van der Waals surface area (Å²) in [5.74, 6) is -0.00557. The number of thioether (sulfide) groups is 1. The van der Waals surface area contributed by atoms with Gasteiger partial charge < -0.3 is 0 Å². The molecule has 4 aliphatic rings. The molecule has 0 radical (unpaired) electrons. The highest BCUT2D eigenvalue weighted by molar-refractivity contribution is 8.04. The highest BCUT2D eigenvalue weighted by Gasteiger charge is 2.53. The van der Waals surface area contributed by atoms with Crippen molar-refractivity contribution in [3.8, 4) is 0 Å². The van der Waals surface area contributed by atoms with Crippen LogP contribution in [0, 0.1) is 5.92 Å². The fourth-order valence-corrected chi connectivity index (χ4v) is 5.14. The Morgan fingerprint density at radius 2 is 1.95 bits per heavy atom. The average molecular weight is 321 g/mol. The lowest BCUT2D eigenvalue weighted by Gasteiger charge is -2.36. The number of fused-ring (bicyclic) bond motifs is 2. The first kappa shape index (κ1) is 14.3. The van der Waals surface area contributed by atoms with Gasteiger partial charge in [-0.25, -0.2) is 0 Å². The molecule has 1 aliphatic carbocycles. The summed E-state index contributed by atoms with van der Waals surface area (Å²) in [5, 5.41) is 3.19. The zero-order valence-electron chi connectivity index (χ0n) is 12.5. The summed E-state index contributed by atoms with van der Waals surface area (Å²) in [7, 11) is 0. The molecule has 0 aromatic carbocycles. The smallest absolute Gasteiger partial charge is 0.279 e. The van der Waals surface area contributed by atoms with Crippen LogP contribution in [0.15, 0.2) is 10.6 Å². The molecule has 3 atom stereocenters. The molecule has 3 amide bonds. The van der Waals surface area contributed by atoms with E-state index in [1.165, 1.54) is 21.6 Å². The van der Waals surface area contributed by atoms with Gasteiger partial charge in [-0.15, -0.1) is 0 Å². The molecule has 3 heterocycles. The molecule has 1 saturated heterocycles.